The van der Waals surface area contributed by atoms with E-state index >= 15 is 0 Å². The number of aryl methyl sites for hydroxylation is 1. The summed E-state index contributed by atoms with van der Waals surface area (Å²) in [6.45, 7) is 1.15. The molecule has 2 aliphatic rings. The third-order valence-corrected chi connectivity index (χ3v) is 6.76. The van der Waals surface area contributed by atoms with Crippen LogP contribution in [0.15, 0.2) is 76.4 Å². The number of nitrogens with zero attached hydrogens (tertiary/aromatic N) is 2. The Bertz CT molecular complexity index is 1310. The van der Waals surface area contributed by atoms with E-state index in [2.05, 4.69) is 0 Å². The topological polar surface area (TPSA) is 90.2 Å². The minimum atomic E-state index is -0.715. The van der Waals surface area contributed by atoms with Crippen molar-refractivity contribution in [2.75, 3.05) is 26.5 Å². The first kappa shape index (κ1) is 26.5. The first-order valence-corrected chi connectivity index (χ1v) is 12.6. The fourth-order valence-electron chi connectivity index (χ4n) is 4.86. The Kier molecular flexibility index (Phi) is 8.45. The van der Waals surface area contributed by atoms with Crippen LogP contribution in [0.4, 0.5) is 4.39 Å². The third kappa shape index (κ3) is 5.64. The summed E-state index contributed by atoms with van der Waals surface area (Å²) in [5.74, 6) is 0. The van der Waals surface area contributed by atoms with Crippen LogP contribution in [0.1, 0.15) is 29.0 Å². The summed E-state index contributed by atoms with van der Waals surface area (Å²) < 4.78 is 45.5. The van der Waals surface area contributed by atoms with Gasteiger partial charge in [0.25, 0.3) is 5.56 Å². The quantitative estimate of drug-likeness (QED) is 0.424. The van der Waals surface area contributed by atoms with Crippen LogP contribution in [-0.4, -0.2) is 53.9 Å². The molecule has 3 aromatic rings. The lowest BCUT2D eigenvalue weighted by atomic mass is 9.96. The lowest BCUT2D eigenvalue weighted by Gasteiger charge is -2.46. The molecule has 5 rings (SSSR count). The van der Waals surface area contributed by atoms with Crippen molar-refractivity contribution in [2.45, 2.75) is 50.9 Å². The molecule has 3 heterocycles. The fraction of sp³-hybridized carbons (Fsp3) is 0.429. The number of alkyl halides is 1. The number of ether oxygens (including phenoxy) is 5. The molecule has 202 valence electrons. The van der Waals surface area contributed by atoms with Crippen LogP contribution in [-0.2, 0) is 37.0 Å². The number of hydrogen-bond acceptors (Lipinski definition) is 7. The Labute approximate surface area is 219 Å². The maximum atomic E-state index is 13.5. The van der Waals surface area contributed by atoms with Crippen LogP contribution in [0.2, 0.25) is 0 Å². The van der Waals surface area contributed by atoms with Crippen molar-refractivity contribution in [1.29, 1.82) is 0 Å². The van der Waals surface area contributed by atoms with Gasteiger partial charge in [0.05, 0.1) is 32.5 Å². The van der Waals surface area contributed by atoms with Gasteiger partial charge < -0.3 is 23.7 Å². The second kappa shape index (κ2) is 12.1. The van der Waals surface area contributed by atoms with Gasteiger partial charge in [-0.25, -0.2) is 13.8 Å². The van der Waals surface area contributed by atoms with Gasteiger partial charge in [0.1, 0.15) is 31.7 Å². The number of aromatic nitrogens is 2. The smallest absolute Gasteiger partial charge is 0.333 e. The molecule has 10 heteroatoms. The summed E-state index contributed by atoms with van der Waals surface area (Å²) in [5.41, 5.74) is 1.09. The largest absolute Gasteiger partial charge is 0.371 e. The summed E-state index contributed by atoms with van der Waals surface area (Å²) in [4.78, 5) is 26.4. The molecule has 2 aliphatic heterocycles. The molecule has 0 bridgehead atoms. The molecular weight excluding hydrogens is 495 g/mol. The molecular formula is C28H31FN2O7. The maximum absolute atomic E-state index is 13.5. The Hall–Kier alpha value is -3.15. The van der Waals surface area contributed by atoms with E-state index in [9.17, 15) is 14.0 Å². The van der Waals surface area contributed by atoms with Crippen molar-refractivity contribution >= 4 is 0 Å². The highest BCUT2D eigenvalue weighted by molar-refractivity contribution is 5.17. The van der Waals surface area contributed by atoms with Crippen LogP contribution < -0.4 is 11.2 Å². The highest BCUT2D eigenvalue weighted by atomic mass is 19.1. The molecule has 2 fully saturated rings. The zero-order valence-corrected chi connectivity index (χ0v) is 21.1. The van der Waals surface area contributed by atoms with Crippen LogP contribution in [0.3, 0.4) is 0 Å². The summed E-state index contributed by atoms with van der Waals surface area (Å²) in [5, 5.41) is 0. The van der Waals surface area contributed by atoms with E-state index in [0.717, 1.165) is 15.7 Å². The summed E-state index contributed by atoms with van der Waals surface area (Å²) in [7, 11) is 0. The SMILES string of the molecule is Cc1cn([C@@H]2CO[C@@H]3COC(c4ccccc4)O[C@H]3[C@H]2OCCF)c(=O)n(COCc2ccccc2)c1=O. The van der Waals surface area contributed by atoms with Crippen LogP contribution in [0, 0.1) is 6.92 Å². The van der Waals surface area contributed by atoms with Gasteiger partial charge in [-0.2, -0.15) is 0 Å². The highest BCUT2D eigenvalue weighted by Gasteiger charge is 2.47. The lowest BCUT2D eigenvalue weighted by Crippen LogP contribution is -2.59. The van der Waals surface area contributed by atoms with E-state index in [1.165, 1.54) is 10.8 Å². The van der Waals surface area contributed by atoms with Crippen LogP contribution in [0.5, 0.6) is 0 Å². The second-order valence-corrected chi connectivity index (χ2v) is 9.34. The van der Waals surface area contributed by atoms with E-state index in [0.29, 0.717) is 5.56 Å². The molecule has 9 nitrogen and oxygen atoms in total. The fourth-order valence-corrected chi connectivity index (χ4v) is 4.86. The zero-order valence-electron chi connectivity index (χ0n) is 21.1. The van der Waals surface area contributed by atoms with Crippen molar-refractivity contribution in [3.05, 3.63) is 104 Å². The van der Waals surface area contributed by atoms with Gasteiger partial charge in [-0.15, -0.1) is 0 Å². The summed E-state index contributed by atoms with van der Waals surface area (Å²) in [6.07, 6.45) is -0.955. The zero-order chi connectivity index (χ0) is 26.5. The lowest BCUT2D eigenvalue weighted by molar-refractivity contribution is -0.312. The van der Waals surface area contributed by atoms with Crippen molar-refractivity contribution < 1.29 is 28.1 Å². The molecule has 0 aliphatic carbocycles. The highest BCUT2D eigenvalue weighted by Crippen LogP contribution is 2.36. The van der Waals surface area contributed by atoms with Gasteiger partial charge in [0.2, 0.25) is 0 Å². The van der Waals surface area contributed by atoms with E-state index < -0.39 is 48.6 Å². The minimum absolute atomic E-state index is 0.100. The Morgan fingerprint density at radius 3 is 2.47 bits per heavy atom. The second-order valence-electron chi connectivity index (χ2n) is 9.34. The number of halogens is 1. The van der Waals surface area contributed by atoms with E-state index in [4.69, 9.17) is 23.7 Å². The third-order valence-electron chi connectivity index (χ3n) is 6.76. The van der Waals surface area contributed by atoms with Crippen molar-refractivity contribution in [3.8, 4) is 0 Å². The standard InChI is InChI=1S/C28H31FN2O7/c1-19-14-30(28(33)31(26(19)32)18-34-15-20-8-4-2-5-9-20)22-16-36-23-17-37-27(21-10-6-3-7-11-21)38-25(23)24(22)35-13-12-29/h2-11,14,22-25,27H,12-13,15-18H2,1H3/t22-,23-,24+,25-,27?/m1/s1. The normalized spacial score (nSPS) is 25.2. The van der Waals surface area contributed by atoms with Gasteiger partial charge in [-0.3, -0.25) is 9.36 Å². The Morgan fingerprint density at radius 1 is 1.00 bits per heavy atom. The van der Waals surface area contributed by atoms with Crippen molar-refractivity contribution in [1.82, 2.24) is 9.13 Å². The molecule has 0 N–H and O–H groups in total. The molecule has 38 heavy (non-hydrogen) atoms. The predicted molar refractivity (Wildman–Crippen MR) is 135 cm³/mol. The van der Waals surface area contributed by atoms with Gasteiger partial charge in [0, 0.05) is 17.3 Å². The number of hydrogen-bond donors (Lipinski definition) is 0. The molecule has 2 aromatic carbocycles. The van der Waals surface area contributed by atoms with E-state index in [1.54, 1.807) is 6.92 Å². The molecule has 1 unspecified atom stereocenters. The Morgan fingerprint density at radius 2 is 1.74 bits per heavy atom. The molecule has 0 saturated carbocycles. The average molecular weight is 527 g/mol. The van der Waals surface area contributed by atoms with Crippen molar-refractivity contribution in [3.63, 3.8) is 0 Å². The number of benzene rings is 2. The molecule has 0 spiro atoms. The summed E-state index contributed by atoms with van der Waals surface area (Å²) >= 11 is 0. The van der Waals surface area contributed by atoms with Gasteiger partial charge in [0.15, 0.2) is 6.29 Å². The van der Waals surface area contributed by atoms with Gasteiger partial charge >= 0.3 is 5.69 Å². The first-order valence-electron chi connectivity index (χ1n) is 12.6. The molecule has 5 atom stereocenters. The monoisotopic (exact) mass is 526 g/mol. The van der Waals surface area contributed by atoms with Crippen LogP contribution >= 0.6 is 0 Å². The molecule has 1 aromatic heterocycles. The number of fused-ring (bicyclic) bond motifs is 1. The maximum Gasteiger partial charge on any atom is 0.333 e. The van der Waals surface area contributed by atoms with Crippen LogP contribution in [0.25, 0.3) is 0 Å². The first-order chi connectivity index (χ1) is 18.6. The van der Waals surface area contributed by atoms with E-state index in [1.807, 2.05) is 60.7 Å². The number of rotatable bonds is 9. The van der Waals surface area contributed by atoms with Crippen molar-refractivity contribution in [2.24, 2.45) is 0 Å². The van der Waals surface area contributed by atoms with E-state index in [-0.39, 0.29) is 33.2 Å². The predicted octanol–water partition coefficient (Wildman–Crippen LogP) is 2.90. The van der Waals surface area contributed by atoms with Gasteiger partial charge in [-0.1, -0.05) is 60.7 Å². The Balaban J connectivity index is 1.42. The summed E-state index contributed by atoms with van der Waals surface area (Å²) in [6, 6.07) is 18.3. The van der Waals surface area contributed by atoms with Gasteiger partial charge in [-0.05, 0) is 12.5 Å². The molecule has 0 radical (unpaired) electrons. The average Bonchev–Trinajstić information content (AvgIpc) is 2.96. The minimum Gasteiger partial charge on any atom is -0.371 e. The molecule has 0 amide bonds. The molecule has 2 saturated heterocycles.